The van der Waals surface area contributed by atoms with E-state index in [0.717, 1.165) is 16.4 Å². The molecule has 1 N–H and O–H groups in total. The number of aromatic nitrogens is 1. The number of esters is 1. The number of urea groups is 1. The van der Waals surface area contributed by atoms with Gasteiger partial charge in [0.2, 0.25) is 0 Å². The molecule has 0 saturated carbocycles. The maximum Gasteiger partial charge on any atom is 0.342 e. The number of carbonyl (C=O) groups is 2. The lowest BCUT2D eigenvalue weighted by Gasteiger charge is -2.24. The summed E-state index contributed by atoms with van der Waals surface area (Å²) in [5.74, 6) is -0.504. The van der Waals surface area contributed by atoms with Crippen LogP contribution in [0.25, 0.3) is 0 Å². The Morgan fingerprint density at radius 2 is 2.18 bits per heavy atom. The molecule has 2 aromatic rings. The monoisotopic (exact) mass is 339 g/mol. The number of thiophene rings is 1. The van der Waals surface area contributed by atoms with E-state index in [4.69, 9.17) is 4.74 Å². The minimum Gasteiger partial charge on any atom is -0.465 e. The first kappa shape index (κ1) is 16.4. The zero-order valence-electron chi connectivity index (χ0n) is 12.7. The van der Waals surface area contributed by atoms with E-state index in [-0.39, 0.29) is 12.1 Å². The van der Waals surface area contributed by atoms with Crippen LogP contribution in [-0.2, 0) is 4.74 Å². The third kappa shape index (κ3) is 3.28. The molecule has 118 valence electrons. The van der Waals surface area contributed by atoms with Crippen molar-refractivity contribution in [2.45, 2.75) is 19.9 Å². The van der Waals surface area contributed by atoms with Crippen LogP contribution in [0.15, 0.2) is 17.5 Å². The molecule has 2 amide bonds. The summed E-state index contributed by atoms with van der Waals surface area (Å²) in [6.45, 7) is 3.65. The highest BCUT2D eigenvalue weighted by molar-refractivity contribution is 7.11. The first-order valence-corrected chi connectivity index (χ1v) is 8.22. The van der Waals surface area contributed by atoms with Gasteiger partial charge >= 0.3 is 12.0 Å². The summed E-state index contributed by atoms with van der Waals surface area (Å²) in [5.41, 5.74) is 0.846. The Bertz CT molecular complexity index is 667. The second-order valence-electron chi connectivity index (χ2n) is 4.70. The zero-order valence-corrected chi connectivity index (χ0v) is 14.4. The second kappa shape index (κ2) is 6.89. The molecule has 0 aromatic carbocycles. The van der Waals surface area contributed by atoms with Crippen molar-refractivity contribution in [3.63, 3.8) is 0 Å². The molecule has 1 atom stereocenters. The number of methoxy groups -OCH3 is 1. The number of rotatable bonds is 4. The number of amides is 2. The summed E-state index contributed by atoms with van der Waals surface area (Å²) < 4.78 is 8.83. The zero-order chi connectivity index (χ0) is 16.3. The lowest BCUT2D eigenvalue weighted by molar-refractivity contribution is 0.0601. The Labute approximate surface area is 136 Å². The van der Waals surface area contributed by atoms with Gasteiger partial charge in [-0.3, -0.25) is 5.32 Å². The fraction of sp³-hybridized carbons (Fsp3) is 0.357. The van der Waals surface area contributed by atoms with Gasteiger partial charge in [-0.05, 0) is 36.8 Å². The van der Waals surface area contributed by atoms with Gasteiger partial charge in [0.25, 0.3) is 0 Å². The molecule has 0 aliphatic rings. The molecule has 0 saturated heterocycles. The van der Waals surface area contributed by atoms with Crippen molar-refractivity contribution in [1.29, 1.82) is 0 Å². The molecule has 0 spiro atoms. The molecule has 2 rings (SSSR count). The van der Waals surface area contributed by atoms with Gasteiger partial charge in [0.05, 0.1) is 18.8 Å². The third-order valence-electron chi connectivity index (χ3n) is 3.33. The van der Waals surface area contributed by atoms with Gasteiger partial charge in [-0.1, -0.05) is 6.07 Å². The summed E-state index contributed by atoms with van der Waals surface area (Å²) in [4.78, 5) is 26.8. The predicted octanol–water partition coefficient (Wildman–Crippen LogP) is 3.52. The minimum absolute atomic E-state index is 0.0596. The smallest absolute Gasteiger partial charge is 0.342 e. The maximum absolute atomic E-state index is 12.4. The van der Waals surface area contributed by atoms with Crippen LogP contribution >= 0.6 is 22.9 Å². The maximum atomic E-state index is 12.4. The van der Waals surface area contributed by atoms with Gasteiger partial charge in [-0.15, -0.1) is 11.3 Å². The van der Waals surface area contributed by atoms with E-state index >= 15 is 0 Å². The van der Waals surface area contributed by atoms with E-state index < -0.39 is 5.97 Å². The average Bonchev–Trinajstić information content (AvgIpc) is 3.15. The van der Waals surface area contributed by atoms with E-state index in [2.05, 4.69) is 9.69 Å². The molecule has 0 bridgehead atoms. The van der Waals surface area contributed by atoms with Crippen LogP contribution in [0.3, 0.4) is 0 Å². The third-order valence-corrected chi connectivity index (χ3v) is 5.23. The molecular formula is C14H17N3O3S2. The number of hydrogen-bond acceptors (Lipinski definition) is 6. The van der Waals surface area contributed by atoms with Crippen molar-refractivity contribution in [1.82, 2.24) is 9.27 Å². The van der Waals surface area contributed by atoms with Crippen LogP contribution in [0.2, 0.25) is 0 Å². The summed E-state index contributed by atoms with van der Waals surface area (Å²) >= 11 is 2.66. The first-order valence-electron chi connectivity index (χ1n) is 6.57. The molecular weight excluding hydrogens is 322 g/mol. The van der Waals surface area contributed by atoms with Crippen molar-refractivity contribution in [2.75, 3.05) is 19.5 Å². The average molecular weight is 339 g/mol. The number of carbonyl (C=O) groups excluding carboxylic acids is 2. The SMILES string of the molecule is COC(=O)c1c(C)nsc1NC(=O)N(C)[C@@H](C)c1cccs1. The quantitative estimate of drug-likeness (QED) is 0.865. The second-order valence-corrected chi connectivity index (χ2v) is 6.45. The van der Waals surface area contributed by atoms with E-state index in [1.54, 1.807) is 30.2 Å². The number of hydrogen-bond donors (Lipinski definition) is 1. The molecule has 0 fully saturated rings. The van der Waals surface area contributed by atoms with Crippen LogP contribution in [0.1, 0.15) is 33.9 Å². The lowest BCUT2D eigenvalue weighted by Crippen LogP contribution is -2.33. The number of aryl methyl sites for hydroxylation is 1. The van der Waals surface area contributed by atoms with Crippen molar-refractivity contribution in [3.05, 3.63) is 33.6 Å². The molecule has 22 heavy (non-hydrogen) atoms. The fourth-order valence-corrected chi connectivity index (χ4v) is 3.48. The number of anilines is 1. The molecule has 0 aliphatic heterocycles. The molecule has 8 heteroatoms. The highest BCUT2D eigenvalue weighted by atomic mass is 32.1. The summed E-state index contributed by atoms with van der Waals surface area (Å²) in [5, 5.41) is 5.11. The van der Waals surface area contributed by atoms with Gasteiger partial charge < -0.3 is 9.64 Å². The van der Waals surface area contributed by atoms with Crippen molar-refractivity contribution >= 4 is 39.9 Å². The largest absolute Gasteiger partial charge is 0.465 e. The Kier molecular flexibility index (Phi) is 5.15. The topological polar surface area (TPSA) is 71.5 Å². The van der Waals surface area contributed by atoms with Gasteiger partial charge in [0.1, 0.15) is 10.6 Å². The van der Waals surface area contributed by atoms with E-state index in [1.165, 1.54) is 7.11 Å². The first-order chi connectivity index (χ1) is 10.5. The predicted molar refractivity (Wildman–Crippen MR) is 87.7 cm³/mol. The molecule has 6 nitrogen and oxygen atoms in total. The lowest BCUT2D eigenvalue weighted by atomic mass is 10.2. The molecule has 0 unspecified atom stereocenters. The van der Waals surface area contributed by atoms with Crippen LogP contribution in [-0.4, -0.2) is 35.4 Å². The highest BCUT2D eigenvalue weighted by Gasteiger charge is 2.24. The van der Waals surface area contributed by atoms with E-state index in [9.17, 15) is 9.59 Å². The minimum atomic E-state index is -0.504. The Hall–Kier alpha value is -1.93. The van der Waals surface area contributed by atoms with E-state index in [0.29, 0.717) is 16.3 Å². The van der Waals surface area contributed by atoms with Crippen molar-refractivity contribution in [2.24, 2.45) is 0 Å². The highest BCUT2D eigenvalue weighted by Crippen LogP contribution is 2.27. The van der Waals surface area contributed by atoms with Gasteiger partial charge in [0.15, 0.2) is 0 Å². The van der Waals surface area contributed by atoms with Crippen molar-refractivity contribution in [3.8, 4) is 0 Å². The fourth-order valence-electron chi connectivity index (χ4n) is 1.88. The summed E-state index contributed by atoms with van der Waals surface area (Å²) in [7, 11) is 3.02. The normalized spacial score (nSPS) is 11.8. The number of nitrogens with zero attached hydrogens (tertiary/aromatic N) is 2. The van der Waals surface area contributed by atoms with Crippen LogP contribution in [0.5, 0.6) is 0 Å². The molecule has 2 heterocycles. The number of ether oxygens (including phenoxy) is 1. The summed E-state index contributed by atoms with van der Waals surface area (Å²) in [6.07, 6.45) is 0. The number of nitrogens with one attached hydrogen (secondary N) is 1. The van der Waals surface area contributed by atoms with Crippen LogP contribution in [0, 0.1) is 6.92 Å². The van der Waals surface area contributed by atoms with Crippen LogP contribution < -0.4 is 5.32 Å². The summed E-state index contributed by atoms with van der Waals surface area (Å²) in [6, 6.07) is 3.57. The van der Waals surface area contributed by atoms with Crippen LogP contribution in [0.4, 0.5) is 9.80 Å². The van der Waals surface area contributed by atoms with Gasteiger partial charge in [0, 0.05) is 11.9 Å². The molecule has 0 aliphatic carbocycles. The Morgan fingerprint density at radius 1 is 1.45 bits per heavy atom. The van der Waals surface area contributed by atoms with E-state index in [1.807, 2.05) is 24.4 Å². The molecule has 0 radical (unpaired) electrons. The Morgan fingerprint density at radius 3 is 2.77 bits per heavy atom. The molecule has 2 aromatic heterocycles. The van der Waals surface area contributed by atoms with Gasteiger partial charge in [-0.25, -0.2) is 9.59 Å². The van der Waals surface area contributed by atoms with Gasteiger partial charge in [-0.2, -0.15) is 4.37 Å². The van der Waals surface area contributed by atoms with Crippen molar-refractivity contribution < 1.29 is 14.3 Å². The standard InChI is InChI=1S/C14H17N3O3S2/c1-8-11(13(18)20-4)12(22-16-8)15-14(19)17(3)9(2)10-6-5-7-21-10/h5-7,9H,1-4H3,(H,15,19)/t9-/m0/s1. The Balaban J connectivity index is 2.14.